The van der Waals surface area contributed by atoms with Crippen LogP contribution >= 0.6 is 0 Å². The molecule has 0 bridgehead atoms. The molecule has 3 rings (SSSR count). The molecular formula is C19H28N4O2. The van der Waals surface area contributed by atoms with Gasteiger partial charge in [0.25, 0.3) is 0 Å². The van der Waals surface area contributed by atoms with Gasteiger partial charge in [0, 0.05) is 37.8 Å². The van der Waals surface area contributed by atoms with Gasteiger partial charge < -0.3 is 9.63 Å². The summed E-state index contributed by atoms with van der Waals surface area (Å²) < 4.78 is 5.54. The minimum absolute atomic E-state index is 0.0905. The Kier molecular flexibility index (Phi) is 5.83. The van der Waals surface area contributed by atoms with E-state index in [2.05, 4.69) is 33.8 Å². The molecule has 2 heterocycles. The number of β-amino-alcohol motifs (C(OH)–C–C–N with tert-alkyl or cyclic N) is 1. The highest BCUT2D eigenvalue weighted by molar-refractivity contribution is 5.53. The molecule has 2 aromatic rings. The molecule has 1 saturated heterocycles. The van der Waals surface area contributed by atoms with Gasteiger partial charge in [-0.1, -0.05) is 42.4 Å². The van der Waals surface area contributed by atoms with Crippen molar-refractivity contribution in [1.82, 2.24) is 19.9 Å². The van der Waals surface area contributed by atoms with Crippen molar-refractivity contribution in [3.05, 3.63) is 36.2 Å². The minimum Gasteiger partial charge on any atom is -0.392 e. The molecular weight excluding hydrogens is 316 g/mol. The number of rotatable bonds is 6. The fraction of sp³-hybridized carbons (Fsp3) is 0.579. The lowest BCUT2D eigenvalue weighted by molar-refractivity contribution is 0.0167. The molecule has 1 aromatic carbocycles. The van der Waals surface area contributed by atoms with Gasteiger partial charge in [0.1, 0.15) is 0 Å². The summed E-state index contributed by atoms with van der Waals surface area (Å²) in [6.45, 7) is 9.76. The molecule has 1 fully saturated rings. The topological polar surface area (TPSA) is 65.6 Å². The van der Waals surface area contributed by atoms with Gasteiger partial charge >= 0.3 is 0 Å². The summed E-state index contributed by atoms with van der Waals surface area (Å²) in [5.41, 5.74) is 0.970. The number of hydrogen-bond acceptors (Lipinski definition) is 6. The normalized spacial score (nSPS) is 22.0. The molecule has 25 heavy (non-hydrogen) atoms. The third-order valence-electron chi connectivity index (χ3n) is 4.98. The monoisotopic (exact) mass is 344 g/mol. The van der Waals surface area contributed by atoms with E-state index in [-0.39, 0.29) is 12.1 Å². The van der Waals surface area contributed by atoms with E-state index in [0.29, 0.717) is 17.8 Å². The highest BCUT2D eigenvalue weighted by Gasteiger charge is 2.31. The standard InChI is InChI=1S/C19H28N4O2/c1-4-17-13-22(10-11-23(17)12-14(2)24)15(3)19-20-18(21-25-19)16-8-6-5-7-9-16/h5-9,14-15,17,24H,4,10-13H2,1-3H3/t14-,15+,17-/m1/s1. The Morgan fingerprint density at radius 1 is 1.24 bits per heavy atom. The zero-order chi connectivity index (χ0) is 17.8. The van der Waals surface area contributed by atoms with Gasteiger partial charge in [-0.25, -0.2) is 0 Å². The quantitative estimate of drug-likeness (QED) is 0.869. The first kappa shape index (κ1) is 18.0. The molecule has 1 aromatic heterocycles. The van der Waals surface area contributed by atoms with E-state index < -0.39 is 0 Å². The van der Waals surface area contributed by atoms with Gasteiger partial charge in [-0.15, -0.1) is 0 Å². The predicted molar refractivity (Wildman–Crippen MR) is 97.1 cm³/mol. The Morgan fingerprint density at radius 2 is 2.00 bits per heavy atom. The first-order chi connectivity index (χ1) is 12.1. The maximum absolute atomic E-state index is 9.69. The zero-order valence-corrected chi connectivity index (χ0v) is 15.3. The predicted octanol–water partition coefficient (Wildman–Crippen LogP) is 2.57. The van der Waals surface area contributed by atoms with Gasteiger partial charge in [0.2, 0.25) is 11.7 Å². The molecule has 6 nitrogen and oxygen atoms in total. The van der Waals surface area contributed by atoms with Gasteiger partial charge in [-0.3, -0.25) is 9.80 Å². The zero-order valence-electron chi connectivity index (χ0n) is 15.3. The molecule has 0 amide bonds. The Hall–Kier alpha value is -1.76. The van der Waals surface area contributed by atoms with Crippen LogP contribution in [0.3, 0.4) is 0 Å². The number of aliphatic hydroxyl groups excluding tert-OH is 1. The third-order valence-corrected chi connectivity index (χ3v) is 4.98. The van der Waals surface area contributed by atoms with Crippen molar-refractivity contribution in [2.24, 2.45) is 0 Å². The number of nitrogens with zero attached hydrogens (tertiary/aromatic N) is 4. The van der Waals surface area contributed by atoms with E-state index in [1.807, 2.05) is 37.3 Å². The van der Waals surface area contributed by atoms with E-state index >= 15 is 0 Å². The fourth-order valence-electron chi connectivity index (χ4n) is 3.50. The molecule has 0 unspecified atom stereocenters. The van der Waals surface area contributed by atoms with E-state index in [0.717, 1.165) is 38.2 Å². The summed E-state index contributed by atoms with van der Waals surface area (Å²) in [4.78, 5) is 9.38. The van der Waals surface area contributed by atoms with Gasteiger partial charge in [0.15, 0.2) is 0 Å². The molecule has 6 heteroatoms. The van der Waals surface area contributed by atoms with Crippen molar-refractivity contribution in [2.45, 2.75) is 45.4 Å². The molecule has 0 spiro atoms. The van der Waals surface area contributed by atoms with Gasteiger partial charge in [-0.05, 0) is 20.3 Å². The smallest absolute Gasteiger partial charge is 0.244 e. The van der Waals surface area contributed by atoms with Gasteiger partial charge in [0.05, 0.1) is 12.1 Å². The minimum atomic E-state index is -0.289. The summed E-state index contributed by atoms with van der Waals surface area (Å²) >= 11 is 0. The van der Waals surface area contributed by atoms with Crippen LogP contribution in [-0.2, 0) is 0 Å². The van der Waals surface area contributed by atoms with Crippen LogP contribution in [0.15, 0.2) is 34.9 Å². The maximum atomic E-state index is 9.69. The highest BCUT2D eigenvalue weighted by atomic mass is 16.5. The van der Waals surface area contributed by atoms with Crippen LogP contribution in [0.25, 0.3) is 11.4 Å². The van der Waals surface area contributed by atoms with E-state index in [4.69, 9.17) is 4.52 Å². The Labute approximate surface area is 149 Å². The van der Waals surface area contributed by atoms with E-state index in [1.54, 1.807) is 0 Å². The molecule has 0 radical (unpaired) electrons. The summed E-state index contributed by atoms with van der Waals surface area (Å²) in [5.74, 6) is 1.31. The van der Waals surface area contributed by atoms with Crippen molar-refractivity contribution in [3.63, 3.8) is 0 Å². The largest absolute Gasteiger partial charge is 0.392 e. The van der Waals surface area contributed by atoms with E-state index in [9.17, 15) is 5.11 Å². The SMILES string of the molecule is CC[C@@H]1CN([C@@H](C)c2nc(-c3ccccc3)no2)CCN1C[C@@H](C)O. The Bertz CT molecular complexity index is 658. The number of aromatic nitrogens is 2. The van der Waals surface area contributed by atoms with Gasteiger partial charge in [-0.2, -0.15) is 4.98 Å². The molecule has 0 saturated carbocycles. The molecule has 1 aliphatic heterocycles. The van der Waals surface area contributed by atoms with E-state index in [1.165, 1.54) is 0 Å². The first-order valence-corrected chi connectivity index (χ1v) is 9.13. The van der Waals surface area contributed by atoms with Crippen LogP contribution in [0.5, 0.6) is 0 Å². The Balaban J connectivity index is 1.67. The highest BCUT2D eigenvalue weighted by Crippen LogP contribution is 2.25. The molecule has 0 aliphatic carbocycles. The summed E-state index contributed by atoms with van der Waals surface area (Å²) in [5, 5.41) is 13.8. The summed E-state index contributed by atoms with van der Waals surface area (Å²) in [7, 11) is 0. The lowest BCUT2D eigenvalue weighted by Crippen LogP contribution is -2.54. The summed E-state index contributed by atoms with van der Waals surface area (Å²) in [6.07, 6.45) is 0.775. The second-order valence-corrected chi connectivity index (χ2v) is 6.90. The van der Waals surface area contributed by atoms with Crippen molar-refractivity contribution >= 4 is 0 Å². The number of benzene rings is 1. The average Bonchev–Trinajstić information content (AvgIpc) is 3.12. The molecule has 1 N–H and O–H groups in total. The summed E-state index contributed by atoms with van der Waals surface area (Å²) in [6, 6.07) is 10.4. The second kappa shape index (κ2) is 8.08. The number of hydrogen-bond donors (Lipinski definition) is 1. The number of piperazine rings is 1. The third kappa shape index (κ3) is 4.26. The van der Waals surface area contributed by atoms with Crippen LogP contribution in [0.4, 0.5) is 0 Å². The lowest BCUT2D eigenvalue weighted by atomic mass is 10.1. The lowest BCUT2D eigenvalue weighted by Gasteiger charge is -2.43. The van der Waals surface area contributed by atoms with Crippen molar-refractivity contribution in [1.29, 1.82) is 0 Å². The Morgan fingerprint density at radius 3 is 2.68 bits per heavy atom. The molecule has 1 aliphatic rings. The van der Waals surface area contributed by atoms with Crippen molar-refractivity contribution in [2.75, 3.05) is 26.2 Å². The van der Waals surface area contributed by atoms with Crippen LogP contribution in [0, 0.1) is 0 Å². The molecule has 136 valence electrons. The average molecular weight is 344 g/mol. The number of aliphatic hydroxyl groups is 1. The van der Waals surface area contributed by atoms with Crippen molar-refractivity contribution in [3.8, 4) is 11.4 Å². The molecule has 3 atom stereocenters. The van der Waals surface area contributed by atoms with Crippen LogP contribution in [-0.4, -0.2) is 63.4 Å². The van der Waals surface area contributed by atoms with Crippen LogP contribution in [0.1, 0.15) is 39.1 Å². The second-order valence-electron chi connectivity index (χ2n) is 6.90. The van der Waals surface area contributed by atoms with Crippen molar-refractivity contribution < 1.29 is 9.63 Å². The van der Waals surface area contributed by atoms with Crippen LogP contribution < -0.4 is 0 Å². The van der Waals surface area contributed by atoms with Crippen LogP contribution in [0.2, 0.25) is 0 Å². The fourth-order valence-corrected chi connectivity index (χ4v) is 3.50. The first-order valence-electron chi connectivity index (χ1n) is 9.13. The maximum Gasteiger partial charge on any atom is 0.244 e.